The highest BCUT2D eigenvalue weighted by Gasteiger charge is 2.20. The van der Waals surface area contributed by atoms with Crippen molar-refractivity contribution < 1.29 is 4.42 Å². The minimum atomic E-state index is 0.00139. The monoisotopic (exact) mass is 281 g/mol. The first-order valence-electron chi connectivity index (χ1n) is 6.76. The van der Waals surface area contributed by atoms with Gasteiger partial charge in [-0.05, 0) is 49.2 Å². The van der Waals surface area contributed by atoms with Crippen molar-refractivity contribution in [2.75, 3.05) is 6.54 Å². The molecule has 2 aromatic heterocycles. The van der Waals surface area contributed by atoms with Crippen LogP contribution in [-0.2, 0) is 6.54 Å². The Kier molecular flexibility index (Phi) is 5.05. The highest BCUT2D eigenvalue weighted by molar-refractivity contribution is 6.28. The van der Waals surface area contributed by atoms with Crippen LogP contribution in [0.25, 0.3) is 0 Å². The van der Waals surface area contributed by atoms with Crippen LogP contribution in [0.3, 0.4) is 0 Å². The minimum absolute atomic E-state index is 0.00139. The molecule has 0 bridgehead atoms. The van der Waals surface area contributed by atoms with E-state index in [0.29, 0.717) is 5.22 Å². The molecule has 104 valence electrons. The van der Waals surface area contributed by atoms with Gasteiger partial charge in [-0.3, -0.25) is 4.68 Å². The lowest BCUT2D eigenvalue weighted by Crippen LogP contribution is -2.25. The molecule has 0 amide bonds. The van der Waals surface area contributed by atoms with Crippen LogP contribution in [0, 0.1) is 0 Å². The quantitative estimate of drug-likeness (QED) is 0.843. The van der Waals surface area contributed by atoms with E-state index < -0.39 is 0 Å². The number of aromatic nitrogens is 2. The Hall–Kier alpha value is -1.26. The maximum atomic E-state index is 5.88. The maximum absolute atomic E-state index is 5.88. The van der Waals surface area contributed by atoms with Crippen LogP contribution < -0.4 is 5.32 Å². The van der Waals surface area contributed by atoms with Crippen LogP contribution in [-0.4, -0.2) is 16.3 Å². The molecule has 4 nitrogen and oxygen atoms in total. The summed E-state index contributed by atoms with van der Waals surface area (Å²) in [6.07, 6.45) is 3.94. The van der Waals surface area contributed by atoms with E-state index >= 15 is 0 Å². The van der Waals surface area contributed by atoms with Crippen LogP contribution >= 0.6 is 11.6 Å². The molecule has 1 atom stereocenters. The molecule has 2 aromatic rings. The van der Waals surface area contributed by atoms with Crippen molar-refractivity contribution in [1.29, 1.82) is 0 Å². The van der Waals surface area contributed by atoms with Gasteiger partial charge in [-0.15, -0.1) is 0 Å². The molecule has 0 saturated carbocycles. The molecule has 1 N–H and O–H groups in total. The second-order valence-corrected chi connectivity index (χ2v) is 4.88. The topological polar surface area (TPSA) is 43.0 Å². The molecular weight excluding hydrogens is 262 g/mol. The highest BCUT2D eigenvalue weighted by Crippen LogP contribution is 2.26. The van der Waals surface area contributed by atoms with Crippen molar-refractivity contribution in [1.82, 2.24) is 15.1 Å². The molecular formula is C14H20ClN3O. The average molecular weight is 282 g/mol. The van der Waals surface area contributed by atoms with Gasteiger partial charge in [0.05, 0.1) is 5.69 Å². The summed E-state index contributed by atoms with van der Waals surface area (Å²) in [5.41, 5.74) is 1.11. The molecule has 0 aliphatic rings. The summed E-state index contributed by atoms with van der Waals surface area (Å²) in [5, 5.41) is 8.27. The summed E-state index contributed by atoms with van der Waals surface area (Å²) in [6, 6.07) is 5.72. The number of rotatable bonds is 7. The number of hydrogen-bond acceptors (Lipinski definition) is 3. The van der Waals surface area contributed by atoms with Crippen molar-refractivity contribution in [3.8, 4) is 0 Å². The Morgan fingerprint density at radius 1 is 1.32 bits per heavy atom. The summed E-state index contributed by atoms with van der Waals surface area (Å²) in [5.74, 6) is 0.830. The first-order valence-corrected chi connectivity index (χ1v) is 7.14. The molecule has 0 saturated heterocycles. The zero-order valence-electron chi connectivity index (χ0n) is 11.4. The summed E-state index contributed by atoms with van der Waals surface area (Å²) in [4.78, 5) is 0. The van der Waals surface area contributed by atoms with Crippen molar-refractivity contribution in [3.05, 3.63) is 41.1 Å². The number of hydrogen-bond donors (Lipinski definition) is 1. The van der Waals surface area contributed by atoms with Gasteiger partial charge in [0.15, 0.2) is 5.22 Å². The molecule has 0 fully saturated rings. The van der Waals surface area contributed by atoms with Crippen LogP contribution in [0.5, 0.6) is 0 Å². The third kappa shape index (κ3) is 3.39. The fourth-order valence-electron chi connectivity index (χ4n) is 2.11. The SMILES string of the molecule is CCCNC(c1ccc(Cl)o1)c1ccnn1CCC. The van der Waals surface area contributed by atoms with Gasteiger partial charge in [0.25, 0.3) is 0 Å². The Morgan fingerprint density at radius 3 is 2.79 bits per heavy atom. The number of nitrogens with zero attached hydrogens (tertiary/aromatic N) is 2. The number of furan rings is 1. The highest BCUT2D eigenvalue weighted by atomic mass is 35.5. The van der Waals surface area contributed by atoms with Crippen molar-refractivity contribution in [2.24, 2.45) is 0 Å². The van der Waals surface area contributed by atoms with E-state index in [4.69, 9.17) is 16.0 Å². The van der Waals surface area contributed by atoms with Crippen molar-refractivity contribution >= 4 is 11.6 Å². The van der Waals surface area contributed by atoms with E-state index in [9.17, 15) is 0 Å². The summed E-state index contributed by atoms with van der Waals surface area (Å²) in [7, 11) is 0. The second kappa shape index (κ2) is 6.78. The van der Waals surface area contributed by atoms with Gasteiger partial charge >= 0.3 is 0 Å². The van der Waals surface area contributed by atoms with E-state index in [1.54, 1.807) is 6.07 Å². The van der Waals surface area contributed by atoms with Crippen molar-refractivity contribution in [2.45, 2.75) is 39.3 Å². The third-order valence-corrected chi connectivity index (χ3v) is 3.16. The number of nitrogens with one attached hydrogen (secondary N) is 1. The van der Waals surface area contributed by atoms with Crippen LogP contribution in [0.2, 0.25) is 5.22 Å². The number of halogens is 1. The molecule has 5 heteroatoms. The summed E-state index contributed by atoms with van der Waals surface area (Å²) < 4.78 is 7.58. The fraction of sp³-hybridized carbons (Fsp3) is 0.500. The zero-order valence-corrected chi connectivity index (χ0v) is 12.2. The van der Waals surface area contributed by atoms with E-state index in [2.05, 4.69) is 24.3 Å². The summed E-state index contributed by atoms with van der Waals surface area (Å²) in [6.45, 7) is 6.10. The lowest BCUT2D eigenvalue weighted by atomic mass is 10.1. The number of aryl methyl sites for hydroxylation is 1. The Balaban J connectivity index is 2.28. The molecule has 2 heterocycles. The Labute approximate surface area is 118 Å². The average Bonchev–Trinajstić information content (AvgIpc) is 3.01. The van der Waals surface area contributed by atoms with Crippen LogP contribution in [0.15, 0.2) is 28.8 Å². The van der Waals surface area contributed by atoms with Gasteiger partial charge in [-0.25, -0.2) is 0 Å². The van der Waals surface area contributed by atoms with E-state index in [0.717, 1.165) is 37.4 Å². The Morgan fingerprint density at radius 2 is 2.16 bits per heavy atom. The van der Waals surface area contributed by atoms with Crippen LogP contribution in [0.4, 0.5) is 0 Å². The van der Waals surface area contributed by atoms with Gasteiger partial charge in [0, 0.05) is 12.7 Å². The van der Waals surface area contributed by atoms with E-state index in [-0.39, 0.29) is 6.04 Å². The first kappa shape index (κ1) is 14.2. The predicted octanol–water partition coefficient (Wildman–Crippen LogP) is 3.63. The predicted molar refractivity (Wildman–Crippen MR) is 76.4 cm³/mol. The largest absolute Gasteiger partial charge is 0.448 e. The van der Waals surface area contributed by atoms with E-state index in [1.165, 1.54) is 0 Å². The summed E-state index contributed by atoms with van der Waals surface area (Å²) >= 11 is 5.88. The second-order valence-electron chi connectivity index (χ2n) is 4.51. The van der Waals surface area contributed by atoms with Gasteiger partial charge in [0.1, 0.15) is 11.8 Å². The van der Waals surface area contributed by atoms with Crippen LogP contribution in [0.1, 0.15) is 44.2 Å². The lowest BCUT2D eigenvalue weighted by Gasteiger charge is -2.17. The molecule has 0 aromatic carbocycles. The standard InChI is InChI=1S/C14H20ClN3O/c1-3-8-16-14(12-5-6-13(15)19-12)11-7-9-17-18(11)10-4-2/h5-7,9,14,16H,3-4,8,10H2,1-2H3. The molecule has 0 aliphatic carbocycles. The van der Waals surface area contributed by atoms with E-state index in [1.807, 2.05) is 23.0 Å². The first-order chi connectivity index (χ1) is 9.26. The molecule has 19 heavy (non-hydrogen) atoms. The fourth-order valence-corrected chi connectivity index (χ4v) is 2.26. The minimum Gasteiger partial charge on any atom is -0.448 e. The maximum Gasteiger partial charge on any atom is 0.193 e. The zero-order chi connectivity index (χ0) is 13.7. The van der Waals surface area contributed by atoms with Gasteiger partial charge < -0.3 is 9.73 Å². The van der Waals surface area contributed by atoms with Crippen molar-refractivity contribution in [3.63, 3.8) is 0 Å². The molecule has 0 aliphatic heterocycles. The van der Waals surface area contributed by atoms with Gasteiger partial charge in [-0.1, -0.05) is 13.8 Å². The molecule has 0 spiro atoms. The lowest BCUT2D eigenvalue weighted by molar-refractivity contribution is 0.424. The third-order valence-electron chi connectivity index (χ3n) is 2.96. The van der Waals surface area contributed by atoms with Gasteiger partial charge in [-0.2, -0.15) is 5.10 Å². The molecule has 0 radical (unpaired) electrons. The Bertz CT molecular complexity index is 506. The molecule has 1 unspecified atom stereocenters. The normalized spacial score (nSPS) is 12.8. The van der Waals surface area contributed by atoms with Gasteiger partial charge in [0.2, 0.25) is 0 Å². The molecule has 2 rings (SSSR count). The smallest absolute Gasteiger partial charge is 0.193 e.